The van der Waals surface area contributed by atoms with Crippen LogP contribution >= 0.6 is 34.5 Å². The topological polar surface area (TPSA) is 102 Å². The maximum Gasteiger partial charge on any atom is 0.324 e. The van der Waals surface area contributed by atoms with Gasteiger partial charge < -0.3 is 10.1 Å². The van der Waals surface area contributed by atoms with Gasteiger partial charge >= 0.3 is 5.97 Å². The number of carbonyl (C=O) groups is 2. The molecule has 1 aromatic heterocycles. The molecule has 11 heteroatoms. The van der Waals surface area contributed by atoms with Gasteiger partial charge in [-0.05, 0) is 43.5 Å². The highest BCUT2D eigenvalue weighted by molar-refractivity contribution is 7.89. The number of amides is 1. The van der Waals surface area contributed by atoms with Gasteiger partial charge in [-0.1, -0.05) is 29.3 Å². The van der Waals surface area contributed by atoms with E-state index in [4.69, 9.17) is 27.9 Å². The Morgan fingerprint density at radius 1 is 1.18 bits per heavy atom. The molecule has 2 atom stereocenters. The Morgan fingerprint density at radius 2 is 1.89 bits per heavy atom. The minimum atomic E-state index is -4.02. The fraction of sp³-hybridized carbons (Fsp3) is 0.294. The Labute approximate surface area is 177 Å². The van der Waals surface area contributed by atoms with Crippen LogP contribution in [0.4, 0.5) is 0 Å². The van der Waals surface area contributed by atoms with E-state index in [0.717, 1.165) is 4.88 Å². The van der Waals surface area contributed by atoms with Gasteiger partial charge in [0.15, 0.2) is 6.61 Å². The summed E-state index contributed by atoms with van der Waals surface area (Å²) in [6.45, 7) is 2.59. The van der Waals surface area contributed by atoms with Crippen LogP contribution in [-0.2, 0) is 24.3 Å². The normalized spacial score (nSPS) is 13.6. The van der Waals surface area contributed by atoms with Crippen LogP contribution in [0.3, 0.4) is 0 Å². The first-order valence-corrected chi connectivity index (χ1v) is 11.2. The number of carbonyl (C=O) groups excluding carboxylic acids is 2. The number of hydrogen-bond donors (Lipinski definition) is 2. The Kier molecular flexibility index (Phi) is 7.85. The fourth-order valence-electron chi connectivity index (χ4n) is 2.15. The number of halogens is 2. The summed E-state index contributed by atoms with van der Waals surface area (Å²) in [4.78, 5) is 24.7. The summed E-state index contributed by atoms with van der Waals surface area (Å²) in [5, 5.41) is 4.85. The van der Waals surface area contributed by atoms with E-state index in [0.29, 0.717) is 0 Å². The molecule has 0 radical (unpaired) electrons. The summed E-state index contributed by atoms with van der Waals surface area (Å²) in [5.41, 5.74) is 0. The molecular formula is C17H18Cl2N2O5S2. The second-order valence-corrected chi connectivity index (χ2v) is 9.34. The van der Waals surface area contributed by atoms with Gasteiger partial charge in [0.25, 0.3) is 5.91 Å². The van der Waals surface area contributed by atoms with E-state index in [1.165, 1.54) is 36.5 Å². The van der Waals surface area contributed by atoms with Crippen molar-refractivity contribution in [1.29, 1.82) is 0 Å². The molecule has 2 rings (SSSR count). The van der Waals surface area contributed by atoms with E-state index in [9.17, 15) is 18.0 Å². The summed E-state index contributed by atoms with van der Waals surface area (Å²) in [6.07, 6.45) is 0. The van der Waals surface area contributed by atoms with Crippen molar-refractivity contribution in [2.45, 2.75) is 30.8 Å². The maximum absolute atomic E-state index is 12.3. The average molecular weight is 465 g/mol. The third-order valence-corrected chi connectivity index (χ3v) is 6.91. The maximum atomic E-state index is 12.3. The van der Waals surface area contributed by atoms with E-state index >= 15 is 0 Å². The lowest BCUT2D eigenvalue weighted by Gasteiger charge is -2.15. The van der Waals surface area contributed by atoms with E-state index < -0.39 is 34.5 Å². The lowest BCUT2D eigenvalue weighted by Crippen LogP contribution is -2.41. The van der Waals surface area contributed by atoms with E-state index in [1.54, 1.807) is 6.92 Å². The molecular weight excluding hydrogens is 447 g/mol. The molecule has 1 amide bonds. The van der Waals surface area contributed by atoms with Crippen LogP contribution in [0.25, 0.3) is 0 Å². The van der Waals surface area contributed by atoms with Crippen molar-refractivity contribution in [2.75, 3.05) is 6.61 Å². The number of hydrogen-bond acceptors (Lipinski definition) is 6. The van der Waals surface area contributed by atoms with Gasteiger partial charge in [-0.15, -0.1) is 11.3 Å². The predicted octanol–water partition coefficient (Wildman–Crippen LogP) is 3.14. The first-order chi connectivity index (χ1) is 13.1. The average Bonchev–Trinajstić information content (AvgIpc) is 3.16. The van der Waals surface area contributed by atoms with Crippen molar-refractivity contribution in [3.63, 3.8) is 0 Å². The zero-order valence-electron chi connectivity index (χ0n) is 14.9. The number of benzene rings is 1. The molecule has 2 N–H and O–H groups in total. The minimum absolute atomic E-state index is 0.0660. The lowest BCUT2D eigenvalue weighted by atomic mass is 10.3. The van der Waals surface area contributed by atoms with Gasteiger partial charge in [0.2, 0.25) is 10.0 Å². The van der Waals surface area contributed by atoms with Crippen LogP contribution in [-0.4, -0.2) is 32.9 Å². The standard InChI is InChI=1S/C17H18Cl2N2O5S2/c1-10(15-4-3-7-27-15)20-16(22)9-26-17(23)11(2)21-28(24,25)12-5-6-13(18)14(19)8-12/h3-8,10-11,21H,9H2,1-2H3,(H,20,22)/t10?,11-/m0/s1. The fourth-order valence-corrected chi connectivity index (χ4v) is 4.46. The van der Waals surface area contributed by atoms with Gasteiger partial charge in [-0.25, -0.2) is 8.42 Å². The van der Waals surface area contributed by atoms with Crippen molar-refractivity contribution in [3.8, 4) is 0 Å². The van der Waals surface area contributed by atoms with Crippen LogP contribution in [0.5, 0.6) is 0 Å². The molecule has 0 aliphatic heterocycles. The quantitative estimate of drug-likeness (QED) is 0.584. The van der Waals surface area contributed by atoms with E-state index in [2.05, 4.69) is 10.0 Å². The number of sulfonamides is 1. The SMILES string of the molecule is CC(NC(=O)COC(=O)[C@H](C)NS(=O)(=O)c1ccc(Cl)c(Cl)c1)c1cccs1. The first-order valence-electron chi connectivity index (χ1n) is 8.07. The number of thiophene rings is 1. The highest BCUT2D eigenvalue weighted by Gasteiger charge is 2.24. The summed E-state index contributed by atoms with van der Waals surface area (Å²) >= 11 is 13.1. The smallest absolute Gasteiger partial charge is 0.324 e. The Morgan fingerprint density at radius 3 is 2.50 bits per heavy atom. The van der Waals surface area contributed by atoms with Crippen LogP contribution in [0.1, 0.15) is 24.8 Å². The van der Waals surface area contributed by atoms with Gasteiger partial charge in [0, 0.05) is 4.88 Å². The second-order valence-electron chi connectivity index (χ2n) is 5.83. The largest absolute Gasteiger partial charge is 0.454 e. The molecule has 152 valence electrons. The van der Waals surface area contributed by atoms with Crippen LogP contribution in [0.2, 0.25) is 10.0 Å². The van der Waals surface area contributed by atoms with Gasteiger partial charge in [-0.3, -0.25) is 9.59 Å². The van der Waals surface area contributed by atoms with Crippen molar-refractivity contribution >= 4 is 56.4 Å². The highest BCUT2D eigenvalue weighted by Crippen LogP contribution is 2.24. The minimum Gasteiger partial charge on any atom is -0.454 e. The first kappa shape index (κ1) is 22.6. The van der Waals surface area contributed by atoms with E-state index in [1.807, 2.05) is 17.5 Å². The molecule has 0 saturated heterocycles. The summed E-state index contributed by atoms with van der Waals surface area (Å²) in [5.74, 6) is -1.38. The molecule has 1 heterocycles. The number of nitrogens with one attached hydrogen (secondary N) is 2. The molecule has 0 aliphatic rings. The number of esters is 1. The predicted molar refractivity (Wildman–Crippen MR) is 108 cm³/mol. The zero-order valence-corrected chi connectivity index (χ0v) is 18.1. The molecule has 0 spiro atoms. The van der Waals surface area contributed by atoms with Crippen LogP contribution in [0, 0.1) is 0 Å². The third-order valence-electron chi connectivity index (χ3n) is 3.58. The Bertz CT molecular complexity index is 948. The van der Waals surface area contributed by atoms with Gasteiger partial charge in [0.1, 0.15) is 6.04 Å². The molecule has 1 unspecified atom stereocenters. The van der Waals surface area contributed by atoms with Gasteiger partial charge in [0.05, 0.1) is 21.0 Å². The number of ether oxygens (including phenoxy) is 1. The number of rotatable bonds is 8. The molecule has 7 nitrogen and oxygen atoms in total. The zero-order chi connectivity index (χ0) is 20.9. The van der Waals surface area contributed by atoms with Crippen molar-refractivity contribution in [2.24, 2.45) is 0 Å². The molecule has 28 heavy (non-hydrogen) atoms. The Balaban J connectivity index is 1.88. The summed E-state index contributed by atoms with van der Waals surface area (Å²) in [7, 11) is -4.02. The molecule has 0 saturated carbocycles. The summed E-state index contributed by atoms with van der Waals surface area (Å²) < 4.78 is 31.7. The second kappa shape index (κ2) is 9.71. The van der Waals surface area contributed by atoms with Crippen LogP contribution in [0.15, 0.2) is 40.6 Å². The monoisotopic (exact) mass is 464 g/mol. The molecule has 2 aromatic rings. The lowest BCUT2D eigenvalue weighted by molar-refractivity contribution is -0.149. The molecule has 1 aromatic carbocycles. The summed E-state index contributed by atoms with van der Waals surface area (Å²) in [6, 6.07) is 6.07. The van der Waals surface area contributed by atoms with Crippen molar-refractivity contribution in [3.05, 3.63) is 50.6 Å². The molecule has 0 bridgehead atoms. The van der Waals surface area contributed by atoms with Gasteiger partial charge in [-0.2, -0.15) is 4.72 Å². The van der Waals surface area contributed by atoms with Crippen molar-refractivity contribution in [1.82, 2.24) is 10.0 Å². The van der Waals surface area contributed by atoms with Crippen LogP contribution < -0.4 is 10.0 Å². The Hall–Kier alpha value is -1.65. The highest BCUT2D eigenvalue weighted by atomic mass is 35.5. The molecule has 0 aliphatic carbocycles. The van der Waals surface area contributed by atoms with Crippen molar-refractivity contribution < 1.29 is 22.7 Å². The third kappa shape index (κ3) is 6.18. The molecule has 0 fully saturated rings. The van der Waals surface area contributed by atoms with E-state index in [-0.39, 0.29) is 21.0 Å².